The summed E-state index contributed by atoms with van der Waals surface area (Å²) in [4.78, 5) is 28.2. The van der Waals surface area contributed by atoms with Gasteiger partial charge in [-0.1, -0.05) is 6.42 Å². The highest BCUT2D eigenvalue weighted by Crippen LogP contribution is 2.52. The Morgan fingerprint density at radius 1 is 1.29 bits per heavy atom. The number of piperidine rings is 1. The molecule has 2 amide bonds. The van der Waals surface area contributed by atoms with Gasteiger partial charge in [-0.25, -0.2) is 0 Å². The number of hydrogen-bond acceptors (Lipinski definition) is 5. The molecule has 4 fully saturated rings. The van der Waals surface area contributed by atoms with E-state index in [2.05, 4.69) is 15.5 Å². The molecule has 1 aromatic carbocycles. The fraction of sp³-hybridized carbons (Fsp3) is 0.667. The van der Waals surface area contributed by atoms with Gasteiger partial charge in [0, 0.05) is 37.4 Å². The van der Waals surface area contributed by atoms with Crippen molar-refractivity contribution in [2.75, 3.05) is 33.3 Å². The summed E-state index contributed by atoms with van der Waals surface area (Å²) in [7, 11) is 1.61. The molecule has 0 aromatic heterocycles. The van der Waals surface area contributed by atoms with Crippen molar-refractivity contribution in [2.45, 2.75) is 50.7 Å². The third kappa shape index (κ3) is 3.88. The molecule has 3 saturated carbocycles. The largest absolute Gasteiger partial charge is 0.497 e. The minimum Gasteiger partial charge on any atom is -0.497 e. The third-order valence-corrected chi connectivity index (χ3v) is 7.78. The predicted molar refractivity (Wildman–Crippen MR) is 116 cm³/mol. The van der Waals surface area contributed by atoms with E-state index in [1.807, 2.05) is 0 Å². The number of ether oxygens (including phenoxy) is 2. The van der Waals surface area contributed by atoms with E-state index >= 15 is 0 Å². The molecule has 2 aliphatic heterocycles. The summed E-state index contributed by atoms with van der Waals surface area (Å²) in [5.41, 5.74) is -0.163. The normalized spacial score (nSPS) is 32.2. The molecule has 0 radical (unpaired) electrons. The Labute approximate surface area is 183 Å². The summed E-state index contributed by atoms with van der Waals surface area (Å²) in [5, 5.41) is 6.35. The lowest BCUT2D eigenvalue weighted by atomic mass is 9.60. The van der Waals surface area contributed by atoms with Gasteiger partial charge in [0.2, 0.25) is 5.91 Å². The molecule has 2 bridgehead atoms. The number of hydrogen-bond donors (Lipinski definition) is 2. The molecule has 168 valence electrons. The smallest absolute Gasteiger partial charge is 0.258 e. The molecule has 4 atom stereocenters. The first-order valence-electron chi connectivity index (χ1n) is 11.8. The second-order valence-corrected chi connectivity index (χ2v) is 9.58. The van der Waals surface area contributed by atoms with Gasteiger partial charge in [-0.2, -0.15) is 0 Å². The van der Waals surface area contributed by atoms with Crippen LogP contribution in [0.5, 0.6) is 11.5 Å². The number of rotatable bonds is 5. The highest BCUT2D eigenvalue weighted by Gasteiger charge is 2.57. The van der Waals surface area contributed by atoms with Crippen LogP contribution in [0.2, 0.25) is 0 Å². The Balaban J connectivity index is 1.23. The monoisotopic (exact) mass is 427 g/mol. The van der Waals surface area contributed by atoms with Crippen molar-refractivity contribution in [1.29, 1.82) is 0 Å². The van der Waals surface area contributed by atoms with Crippen molar-refractivity contribution in [3.63, 3.8) is 0 Å². The van der Waals surface area contributed by atoms with Crippen LogP contribution in [-0.2, 0) is 4.79 Å². The van der Waals surface area contributed by atoms with Crippen LogP contribution in [0, 0.1) is 17.8 Å². The van der Waals surface area contributed by atoms with Gasteiger partial charge in [-0.05, 0) is 63.2 Å². The third-order valence-electron chi connectivity index (χ3n) is 7.78. The van der Waals surface area contributed by atoms with E-state index in [9.17, 15) is 9.59 Å². The van der Waals surface area contributed by atoms with Gasteiger partial charge < -0.3 is 25.0 Å². The second-order valence-electron chi connectivity index (χ2n) is 9.58. The number of amides is 2. The van der Waals surface area contributed by atoms with Crippen LogP contribution in [0.15, 0.2) is 18.2 Å². The molecular weight excluding hydrogens is 394 g/mol. The van der Waals surface area contributed by atoms with E-state index in [-0.39, 0.29) is 29.6 Å². The molecule has 2 heterocycles. The Kier molecular flexibility index (Phi) is 5.54. The van der Waals surface area contributed by atoms with Crippen molar-refractivity contribution in [3.8, 4) is 11.5 Å². The zero-order valence-electron chi connectivity index (χ0n) is 18.3. The summed E-state index contributed by atoms with van der Waals surface area (Å²) in [6.45, 7) is 3.96. The van der Waals surface area contributed by atoms with E-state index in [0.717, 1.165) is 45.4 Å². The Bertz CT molecular complexity index is 853. The van der Waals surface area contributed by atoms with Crippen LogP contribution in [0.1, 0.15) is 55.3 Å². The molecule has 7 nitrogen and oxygen atoms in total. The summed E-state index contributed by atoms with van der Waals surface area (Å²) >= 11 is 0. The minimum atomic E-state index is -0.704. The van der Waals surface area contributed by atoms with Crippen molar-refractivity contribution in [1.82, 2.24) is 15.5 Å². The van der Waals surface area contributed by atoms with E-state index in [1.54, 1.807) is 25.3 Å². The summed E-state index contributed by atoms with van der Waals surface area (Å²) in [6, 6.07) is 5.32. The van der Waals surface area contributed by atoms with Crippen LogP contribution >= 0.6 is 0 Å². The average Bonchev–Trinajstić information content (AvgIpc) is 2.79. The van der Waals surface area contributed by atoms with E-state index < -0.39 is 5.72 Å². The maximum Gasteiger partial charge on any atom is 0.258 e. The van der Waals surface area contributed by atoms with Crippen LogP contribution < -0.4 is 20.1 Å². The molecule has 1 spiro atoms. The van der Waals surface area contributed by atoms with Crippen molar-refractivity contribution in [2.24, 2.45) is 17.8 Å². The maximum atomic E-state index is 13.0. The molecule has 1 aromatic rings. The standard InChI is InChI=1S/C24H33N3O4/c1-30-18-7-8-19-21(14-18)31-24(26-23(19)29)15-16-5-6-17(24)13-20(16)22(28)25-9-12-27-10-3-2-4-11-27/h7-8,14,16-17,20H,2-6,9-13,15H2,1H3,(H,25,28)(H,26,29). The van der Waals surface area contributed by atoms with Crippen LogP contribution in [0.25, 0.3) is 0 Å². The maximum absolute atomic E-state index is 13.0. The Hall–Kier alpha value is -2.28. The zero-order chi connectivity index (χ0) is 21.4. The first-order valence-corrected chi connectivity index (χ1v) is 11.8. The van der Waals surface area contributed by atoms with Crippen LogP contribution in [-0.4, -0.2) is 55.7 Å². The van der Waals surface area contributed by atoms with E-state index in [0.29, 0.717) is 23.5 Å². The average molecular weight is 428 g/mol. The topological polar surface area (TPSA) is 79.9 Å². The molecule has 5 aliphatic rings. The molecular formula is C24H33N3O4. The number of carbonyl (C=O) groups is 2. The Morgan fingerprint density at radius 3 is 2.87 bits per heavy atom. The van der Waals surface area contributed by atoms with Crippen molar-refractivity contribution < 1.29 is 19.1 Å². The molecule has 3 aliphatic carbocycles. The van der Waals surface area contributed by atoms with E-state index in [4.69, 9.17) is 9.47 Å². The van der Waals surface area contributed by atoms with Crippen molar-refractivity contribution >= 4 is 11.8 Å². The van der Waals surface area contributed by atoms with Gasteiger partial charge in [-0.3, -0.25) is 9.59 Å². The first-order chi connectivity index (χ1) is 15.1. The lowest BCUT2D eigenvalue weighted by molar-refractivity contribution is -0.146. The molecule has 1 saturated heterocycles. The number of methoxy groups -OCH3 is 1. The fourth-order valence-corrected chi connectivity index (χ4v) is 6.09. The molecule has 7 heteroatoms. The Morgan fingerprint density at radius 2 is 2.13 bits per heavy atom. The lowest BCUT2D eigenvalue weighted by Gasteiger charge is -2.55. The molecule has 6 rings (SSSR count). The van der Waals surface area contributed by atoms with Crippen LogP contribution in [0.3, 0.4) is 0 Å². The SMILES string of the molecule is COc1ccc2c(c1)OC1(CC3CCC1CC3C(=O)NCCN1CCCCC1)NC2=O. The minimum absolute atomic E-state index is 0.0120. The molecule has 4 unspecified atom stereocenters. The summed E-state index contributed by atoms with van der Waals surface area (Å²) < 4.78 is 11.8. The van der Waals surface area contributed by atoms with Gasteiger partial charge in [0.05, 0.1) is 12.7 Å². The molecule has 2 N–H and O–H groups in total. The highest BCUT2D eigenvalue weighted by atomic mass is 16.5. The summed E-state index contributed by atoms with van der Waals surface area (Å²) in [6.07, 6.45) is 7.30. The van der Waals surface area contributed by atoms with E-state index in [1.165, 1.54) is 19.3 Å². The van der Waals surface area contributed by atoms with Gasteiger partial charge in [0.25, 0.3) is 5.91 Å². The summed E-state index contributed by atoms with van der Waals surface area (Å²) in [5.74, 6) is 1.71. The number of nitrogens with one attached hydrogen (secondary N) is 2. The van der Waals surface area contributed by atoms with Crippen molar-refractivity contribution in [3.05, 3.63) is 23.8 Å². The fourth-order valence-electron chi connectivity index (χ4n) is 6.09. The first kappa shape index (κ1) is 20.6. The number of fused-ring (bicyclic) bond motifs is 3. The van der Waals surface area contributed by atoms with Gasteiger partial charge in [0.1, 0.15) is 11.5 Å². The number of nitrogens with zero attached hydrogens (tertiary/aromatic N) is 1. The second kappa shape index (κ2) is 8.34. The quantitative estimate of drug-likeness (QED) is 0.755. The highest BCUT2D eigenvalue weighted by molar-refractivity contribution is 5.98. The zero-order valence-corrected chi connectivity index (χ0v) is 18.3. The van der Waals surface area contributed by atoms with Gasteiger partial charge in [-0.15, -0.1) is 0 Å². The van der Waals surface area contributed by atoms with Gasteiger partial charge >= 0.3 is 0 Å². The number of benzene rings is 1. The number of carbonyl (C=O) groups excluding carboxylic acids is 2. The van der Waals surface area contributed by atoms with Crippen LogP contribution in [0.4, 0.5) is 0 Å². The van der Waals surface area contributed by atoms with Gasteiger partial charge in [0.15, 0.2) is 5.72 Å². The molecule has 31 heavy (non-hydrogen) atoms. The predicted octanol–water partition coefficient (Wildman–Crippen LogP) is 2.55. The number of likely N-dealkylation sites (tertiary alicyclic amines) is 1. The lowest BCUT2D eigenvalue weighted by Crippen LogP contribution is -2.67.